The summed E-state index contributed by atoms with van der Waals surface area (Å²) >= 11 is 6.00. The van der Waals surface area contributed by atoms with Crippen LogP contribution in [0.25, 0.3) is 0 Å². The average Bonchev–Trinajstić information content (AvgIpc) is 2.66. The van der Waals surface area contributed by atoms with Crippen LogP contribution in [0.1, 0.15) is 18.4 Å². The maximum atomic E-state index is 6.00. The fraction of sp³-hybridized carbons (Fsp3) is 0.381. The van der Waals surface area contributed by atoms with Gasteiger partial charge in [-0.2, -0.15) is 0 Å². The fourth-order valence-corrected chi connectivity index (χ4v) is 3.95. The van der Waals surface area contributed by atoms with E-state index in [-0.39, 0.29) is 5.41 Å². The minimum absolute atomic E-state index is 0.0582. The predicted molar refractivity (Wildman–Crippen MR) is 106 cm³/mol. The van der Waals surface area contributed by atoms with Gasteiger partial charge in [0.1, 0.15) is 18.2 Å². The maximum Gasteiger partial charge on any atom is 0.120 e. The number of fused-ring (bicyclic) bond motifs is 1. The Kier molecular flexibility index (Phi) is 5.14. The number of benzene rings is 2. The lowest BCUT2D eigenvalue weighted by molar-refractivity contribution is 0.0448. The second-order valence-corrected chi connectivity index (χ2v) is 7.32. The van der Waals surface area contributed by atoms with Crippen LogP contribution in [0.3, 0.4) is 0 Å². The lowest BCUT2D eigenvalue weighted by atomic mass is 9.71. The molecule has 0 saturated carbocycles. The van der Waals surface area contributed by atoms with Crippen molar-refractivity contribution in [2.75, 3.05) is 31.7 Å². The molecule has 136 valence electrons. The number of amidine groups is 1. The number of aliphatic imine (C=N–C) groups is 1. The number of anilines is 1. The largest absolute Gasteiger partial charge is 0.492 e. The highest BCUT2D eigenvalue weighted by Crippen LogP contribution is 2.41. The second kappa shape index (κ2) is 7.68. The number of ether oxygens (including phenoxy) is 2. The topological polar surface area (TPSA) is 42.8 Å². The molecule has 0 radical (unpaired) electrons. The van der Waals surface area contributed by atoms with Crippen LogP contribution < -0.4 is 10.1 Å². The molecular formula is C21H23ClN2O2. The molecule has 2 aliphatic heterocycles. The lowest BCUT2D eigenvalue weighted by Gasteiger charge is -2.42. The summed E-state index contributed by atoms with van der Waals surface area (Å²) in [6.45, 7) is 2.73. The highest BCUT2D eigenvalue weighted by molar-refractivity contribution is 6.30. The molecule has 0 aromatic heterocycles. The number of para-hydroxylation sites is 1. The zero-order valence-electron chi connectivity index (χ0n) is 14.7. The molecule has 5 heteroatoms. The zero-order chi connectivity index (χ0) is 17.8. The summed E-state index contributed by atoms with van der Waals surface area (Å²) in [4.78, 5) is 4.89. The van der Waals surface area contributed by atoms with Crippen LogP contribution >= 0.6 is 11.6 Å². The van der Waals surface area contributed by atoms with Crippen molar-refractivity contribution in [3.63, 3.8) is 0 Å². The molecule has 2 heterocycles. The van der Waals surface area contributed by atoms with Gasteiger partial charge in [0.15, 0.2) is 0 Å². The molecular weight excluding hydrogens is 348 g/mol. The van der Waals surface area contributed by atoms with Crippen LogP contribution in [0.4, 0.5) is 5.69 Å². The number of rotatable bonds is 4. The summed E-state index contributed by atoms with van der Waals surface area (Å²) in [5.74, 6) is 1.86. The number of nitrogens with one attached hydrogen (secondary N) is 1. The van der Waals surface area contributed by atoms with Crippen LogP contribution in [0.2, 0.25) is 5.02 Å². The molecule has 4 nitrogen and oxygen atoms in total. The Morgan fingerprint density at radius 1 is 1.12 bits per heavy atom. The van der Waals surface area contributed by atoms with E-state index in [1.807, 2.05) is 24.3 Å². The van der Waals surface area contributed by atoms with Crippen molar-refractivity contribution in [1.82, 2.24) is 0 Å². The first kappa shape index (κ1) is 17.4. The van der Waals surface area contributed by atoms with E-state index in [0.29, 0.717) is 18.2 Å². The van der Waals surface area contributed by atoms with Gasteiger partial charge in [0.25, 0.3) is 0 Å². The van der Waals surface area contributed by atoms with Crippen LogP contribution in [0.5, 0.6) is 5.75 Å². The van der Waals surface area contributed by atoms with E-state index in [4.69, 9.17) is 26.1 Å². The standard InChI is InChI=1S/C21H23ClN2O2/c22-17-5-3-6-18(14-17)26-13-10-23-20-21(8-11-25-12-9-21)15-16-4-1-2-7-19(16)24-20/h1-7,14H,8-13,15H2,(H,23,24). The van der Waals surface area contributed by atoms with Gasteiger partial charge in [-0.15, -0.1) is 0 Å². The Labute approximate surface area is 159 Å². The minimum atomic E-state index is 0.0582. The third-order valence-corrected chi connectivity index (χ3v) is 5.41. The van der Waals surface area contributed by atoms with Gasteiger partial charge in [0.2, 0.25) is 0 Å². The first-order chi connectivity index (χ1) is 12.8. The predicted octanol–water partition coefficient (Wildman–Crippen LogP) is 4.58. The van der Waals surface area contributed by atoms with Crippen molar-refractivity contribution < 1.29 is 9.47 Å². The summed E-state index contributed by atoms with van der Waals surface area (Å²) in [5.41, 5.74) is 2.59. The molecule has 4 rings (SSSR count). The zero-order valence-corrected chi connectivity index (χ0v) is 15.5. The molecule has 2 aliphatic rings. The van der Waals surface area contributed by atoms with E-state index >= 15 is 0 Å². The van der Waals surface area contributed by atoms with Crippen LogP contribution in [-0.2, 0) is 11.2 Å². The molecule has 2 aromatic carbocycles. The van der Waals surface area contributed by atoms with Crippen molar-refractivity contribution in [3.8, 4) is 5.75 Å². The van der Waals surface area contributed by atoms with Crippen molar-refractivity contribution >= 4 is 23.1 Å². The van der Waals surface area contributed by atoms with E-state index < -0.39 is 0 Å². The monoisotopic (exact) mass is 370 g/mol. The second-order valence-electron chi connectivity index (χ2n) is 6.89. The summed E-state index contributed by atoms with van der Waals surface area (Å²) in [6, 6.07) is 16.0. The van der Waals surface area contributed by atoms with Crippen LogP contribution in [-0.4, -0.2) is 32.2 Å². The van der Waals surface area contributed by atoms with Gasteiger partial charge in [-0.05, 0) is 49.1 Å². The number of hydrogen-bond donors (Lipinski definition) is 1. The molecule has 1 N–H and O–H groups in total. The summed E-state index contributed by atoms with van der Waals surface area (Å²) in [6.07, 6.45) is 3.03. The molecule has 0 unspecified atom stereocenters. The van der Waals surface area contributed by atoms with Crippen molar-refractivity contribution in [1.29, 1.82) is 0 Å². The highest BCUT2D eigenvalue weighted by Gasteiger charge is 2.41. The van der Waals surface area contributed by atoms with Gasteiger partial charge in [-0.1, -0.05) is 35.9 Å². The van der Waals surface area contributed by atoms with Gasteiger partial charge >= 0.3 is 0 Å². The average molecular weight is 371 g/mol. The molecule has 1 saturated heterocycles. The van der Waals surface area contributed by atoms with Crippen molar-refractivity contribution in [3.05, 3.63) is 59.1 Å². The highest BCUT2D eigenvalue weighted by atomic mass is 35.5. The van der Waals surface area contributed by atoms with E-state index in [2.05, 4.69) is 29.6 Å². The smallest absolute Gasteiger partial charge is 0.120 e. The molecule has 0 aliphatic carbocycles. The molecule has 1 fully saturated rings. The summed E-state index contributed by atoms with van der Waals surface area (Å²) < 4.78 is 11.4. The third-order valence-electron chi connectivity index (χ3n) is 5.18. The van der Waals surface area contributed by atoms with Gasteiger partial charge in [-0.25, -0.2) is 0 Å². The molecule has 0 amide bonds. The van der Waals surface area contributed by atoms with Gasteiger partial charge in [0, 0.05) is 29.3 Å². The molecule has 0 atom stereocenters. The first-order valence-corrected chi connectivity index (χ1v) is 9.49. The molecule has 0 bridgehead atoms. The van der Waals surface area contributed by atoms with E-state index in [1.165, 1.54) is 11.3 Å². The van der Waals surface area contributed by atoms with Crippen LogP contribution in [0.15, 0.2) is 53.5 Å². The van der Waals surface area contributed by atoms with E-state index in [1.54, 1.807) is 0 Å². The Morgan fingerprint density at radius 3 is 2.81 bits per heavy atom. The number of halogens is 1. The van der Waals surface area contributed by atoms with Gasteiger partial charge in [-0.3, -0.25) is 4.99 Å². The Balaban J connectivity index is 1.48. The Morgan fingerprint density at radius 2 is 1.96 bits per heavy atom. The SMILES string of the molecule is Clc1cccc(OCCN=C2Nc3ccccc3CC23CCOCC3)c1. The Bertz CT molecular complexity index is 800. The van der Waals surface area contributed by atoms with Crippen molar-refractivity contribution in [2.24, 2.45) is 10.4 Å². The Hall–Kier alpha value is -2.04. The maximum absolute atomic E-state index is 6.00. The summed E-state index contributed by atoms with van der Waals surface area (Å²) in [7, 11) is 0. The summed E-state index contributed by atoms with van der Waals surface area (Å²) in [5, 5.41) is 4.26. The molecule has 2 aromatic rings. The third kappa shape index (κ3) is 3.71. The minimum Gasteiger partial charge on any atom is -0.492 e. The van der Waals surface area contributed by atoms with Crippen molar-refractivity contribution in [2.45, 2.75) is 19.3 Å². The normalized spacial score (nSPS) is 19.8. The first-order valence-electron chi connectivity index (χ1n) is 9.11. The quantitative estimate of drug-likeness (QED) is 0.801. The number of hydrogen-bond acceptors (Lipinski definition) is 3. The lowest BCUT2D eigenvalue weighted by Crippen LogP contribution is -2.46. The van der Waals surface area contributed by atoms with E-state index in [0.717, 1.165) is 44.1 Å². The number of nitrogens with zero attached hydrogens (tertiary/aromatic N) is 1. The van der Waals surface area contributed by atoms with Gasteiger partial charge in [0.05, 0.1) is 6.54 Å². The van der Waals surface area contributed by atoms with E-state index in [9.17, 15) is 0 Å². The van der Waals surface area contributed by atoms with Crippen LogP contribution in [0, 0.1) is 5.41 Å². The fourth-order valence-electron chi connectivity index (χ4n) is 3.77. The molecule has 1 spiro atoms. The van der Waals surface area contributed by atoms with Gasteiger partial charge < -0.3 is 14.8 Å². The molecule has 26 heavy (non-hydrogen) atoms.